The molecule has 1 amide bonds. The standard InChI is InChI=1S/C22H24ClN5O2S/c1-4-18-25-26-22-28(18)27-19(14-7-10-16(11-8-14)30-5-2)20(31-22)21(29)24-15-9-6-13(3)17(23)12-15/h6-12,19-20,27H,4-5H2,1-3H3,(H,24,29)/t19-,20-/m1/s1. The number of halogens is 1. The summed E-state index contributed by atoms with van der Waals surface area (Å²) in [4.78, 5) is 13.3. The molecule has 0 unspecified atom stereocenters. The zero-order valence-electron chi connectivity index (χ0n) is 17.6. The average molecular weight is 458 g/mol. The molecule has 0 saturated heterocycles. The van der Waals surface area contributed by atoms with Gasteiger partial charge in [0.1, 0.15) is 11.0 Å². The van der Waals surface area contributed by atoms with Gasteiger partial charge in [0, 0.05) is 17.1 Å². The van der Waals surface area contributed by atoms with Gasteiger partial charge in [-0.3, -0.25) is 4.79 Å². The second-order valence-corrected chi connectivity index (χ2v) is 8.70. The van der Waals surface area contributed by atoms with Crippen molar-refractivity contribution in [3.8, 4) is 5.75 Å². The van der Waals surface area contributed by atoms with Gasteiger partial charge in [-0.05, 0) is 49.2 Å². The Labute approximate surface area is 190 Å². The van der Waals surface area contributed by atoms with Crippen LogP contribution in [0.5, 0.6) is 5.75 Å². The van der Waals surface area contributed by atoms with Crippen molar-refractivity contribution in [1.82, 2.24) is 14.9 Å². The Balaban J connectivity index is 1.64. The van der Waals surface area contributed by atoms with Crippen LogP contribution in [0.2, 0.25) is 5.02 Å². The smallest absolute Gasteiger partial charge is 0.240 e. The number of benzene rings is 2. The van der Waals surface area contributed by atoms with Crippen molar-refractivity contribution in [3.05, 3.63) is 64.4 Å². The molecule has 0 radical (unpaired) electrons. The molecule has 3 aromatic rings. The van der Waals surface area contributed by atoms with Crippen molar-refractivity contribution in [3.63, 3.8) is 0 Å². The molecule has 162 valence electrons. The van der Waals surface area contributed by atoms with E-state index in [-0.39, 0.29) is 11.9 Å². The molecule has 2 N–H and O–H groups in total. The molecule has 0 saturated carbocycles. The van der Waals surface area contributed by atoms with Gasteiger partial charge in [-0.25, -0.2) is 4.68 Å². The van der Waals surface area contributed by atoms with Crippen molar-refractivity contribution in [1.29, 1.82) is 0 Å². The predicted octanol–water partition coefficient (Wildman–Crippen LogP) is 4.60. The largest absolute Gasteiger partial charge is 0.494 e. The number of nitrogens with one attached hydrogen (secondary N) is 2. The summed E-state index contributed by atoms with van der Waals surface area (Å²) < 4.78 is 7.43. The number of thioether (sulfide) groups is 1. The van der Waals surface area contributed by atoms with E-state index in [4.69, 9.17) is 16.3 Å². The summed E-state index contributed by atoms with van der Waals surface area (Å²) in [6, 6.07) is 13.0. The molecular weight excluding hydrogens is 434 g/mol. The van der Waals surface area contributed by atoms with Crippen molar-refractivity contribution in [2.75, 3.05) is 17.3 Å². The number of hydrogen-bond donors (Lipinski definition) is 2. The SMILES string of the molecule is CCOc1ccc([C@H]2Nn3c(CC)nnc3S[C@H]2C(=O)Nc2ccc(C)c(Cl)c2)cc1. The first-order valence-corrected chi connectivity index (χ1v) is 11.4. The first-order valence-electron chi connectivity index (χ1n) is 10.2. The number of carbonyl (C=O) groups excluding carboxylic acids is 1. The molecule has 1 aromatic heterocycles. The van der Waals surface area contributed by atoms with E-state index < -0.39 is 5.25 Å². The van der Waals surface area contributed by atoms with Crippen LogP contribution in [0.25, 0.3) is 0 Å². The second kappa shape index (κ2) is 9.20. The first kappa shape index (κ1) is 21.5. The Morgan fingerprint density at radius 2 is 2.00 bits per heavy atom. The molecule has 1 aliphatic rings. The molecule has 9 heteroatoms. The highest BCUT2D eigenvalue weighted by molar-refractivity contribution is 8.00. The summed E-state index contributed by atoms with van der Waals surface area (Å²) in [5.74, 6) is 1.48. The lowest BCUT2D eigenvalue weighted by molar-refractivity contribution is -0.116. The van der Waals surface area contributed by atoms with Gasteiger partial charge in [0.25, 0.3) is 0 Å². The van der Waals surface area contributed by atoms with E-state index in [9.17, 15) is 4.79 Å². The summed E-state index contributed by atoms with van der Waals surface area (Å²) in [6.45, 7) is 6.50. The first-order chi connectivity index (χ1) is 15.0. The van der Waals surface area contributed by atoms with Gasteiger partial charge in [0.05, 0.1) is 12.6 Å². The highest BCUT2D eigenvalue weighted by Gasteiger charge is 2.37. The Bertz CT molecular complexity index is 1090. The van der Waals surface area contributed by atoms with Gasteiger partial charge in [-0.15, -0.1) is 10.2 Å². The molecule has 7 nitrogen and oxygen atoms in total. The van der Waals surface area contributed by atoms with E-state index in [2.05, 4.69) is 20.9 Å². The van der Waals surface area contributed by atoms with E-state index in [0.717, 1.165) is 29.1 Å². The molecule has 0 spiro atoms. The Hall–Kier alpha value is -2.71. The number of nitrogens with zero attached hydrogens (tertiary/aromatic N) is 3. The van der Waals surface area contributed by atoms with E-state index in [0.29, 0.717) is 22.5 Å². The van der Waals surface area contributed by atoms with Crippen LogP contribution >= 0.6 is 23.4 Å². The summed E-state index contributed by atoms with van der Waals surface area (Å²) in [5, 5.41) is 12.3. The Morgan fingerprint density at radius 3 is 2.68 bits per heavy atom. The molecule has 2 atom stereocenters. The van der Waals surface area contributed by atoms with E-state index in [1.165, 1.54) is 11.8 Å². The Kier molecular flexibility index (Phi) is 6.38. The number of hydrogen-bond acceptors (Lipinski definition) is 6. The number of aromatic nitrogens is 3. The zero-order valence-corrected chi connectivity index (χ0v) is 19.1. The van der Waals surface area contributed by atoms with Crippen LogP contribution in [-0.2, 0) is 11.2 Å². The van der Waals surface area contributed by atoms with E-state index >= 15 is 0 Å². The normalized spacial score (nSPS) is 17.5. The quantitative estimate of drug-likeness (QED) is 0.563. The Morgan fingerprint density at radius 1 is 1.23 bits per heavy atom. The van der Waals surface area contributed by atoms with Crippen LogP contribution in [-0.4, -0.2) is 32.6 Å². The predicted molar refractivity (Wildman–Crippen MR) is 124 cm³/mol. The van der Waals surface area contributed by atoms with Crippen molar-refractivity contribution in [2.45, 2.75) is 43.6 Å². The maximum absolute atomic E-state index is 13.3. The maximum atomic E-state index is 13.3. The minimum absolute atomic E-state index is 0.136. The summed E-state index contributed by atoms with van der Waals surface area (Å²) in [6.07, 6.45) is 0.731. The molecule has 4 rings (SSSR count). The van der Waals surface area contributed by atoms with Crippen molar-refractivity contribution >= 4 is 35.0 Å². The van der Waals surface area contributed by atoms with Gasteiger partial charge >= 0.3 is 0 Å². The highest BCUT2D eigenvalue weighted by Crippen LogP contribution is 2.38. The molecule has 2 heterocycles. The average Bonchev–Trinajstić information content (AvgIpc) is 3.18. The van der Waals surface area contributed by atoms with E-state index in [1.54, 1.807) is 6.07 Å². The highest BCUT2D eigenvalue weighted by atomic mass is 35.5. The third kappa shape index (κ3) is 4.50. The molecule has 2 aromatic carbocycles. The third-order valence-corrected chi connectivity index (χ3v) is 6.69. The van der Waals surface area contributed by atoms with Gasteiger partial charge in [-0.1, -0.05) is 48.5 Å². The number of carbonyl (C=O) groups is 1. The summed E-state index contributed by atoms with van der Waals surface area (Å²) in [5.41, 5.74) is 6.04. The van der Waals surface area contributed by atoms with Gasteiger partial charge in [0.2, 0.25) is 11.1 Å². The maximum Gasteiger partial charge on any atom is 0.240 e. The second-order valence-electron chi connectivity index (χ2n) is 7.19. The number of amides is 1. The lowest BCUT2D eigenvalue weighted by Gasteiger charge is -2.33. The monoisotopic (exact) mass is 457 g/mol. The van der Waals surface area contributed by atoms with Crippen molar-refractivity contribution < 1.29 is 9.53 Å². The minimum atomic E-state index is -0.459. The lowest BCUT2D eigenvalue weighted by Crippen LogP contribution is -2.41. The summed E-state index contributed by atoms with van der Waals surface area (Å²) in [7, 11) is 0. The van der Waals surface area contributed by atoms with Crippen LogP contribution in [0, 0.1) is 6.92 Å². The number of fused-ring (bicyclic) bond motifs is 1. The molecule has 31 heavy (non-hydrogen) atoms. The summed E-state index contributed by atoms with van der Waals surface area (Å²) >= 11 is 7.63. The van der Waals surface area contributed by atoms with Crippen LogP contribution in [0.3, 0.4) is 0 Å². The van der Waals surface area contributed by atoms with Crippen LogP contribution in [0.4, 0.5) is 5.69 Å². The molecular formula is C22H24ClN5O2S. The van der Waals surface area contributed by atoms with Crippen LogP contribution < -0.4 is 15.5 Å². The lowest BCUT2D eigenvalue weighted by atomic mass is 10.0. The van der Waals surface area contributed by atoms with Gasteiger partial charge < -0.3 is 15.5 Å². The molecule has 0 fully saturated rings. The fraction of sp³-hybridized carbons (Fsp3) is 0.318. The third-order valence-electron chi connectivity index (χ3n) is 5.07. The topological polar surface area (TPSA) is 81.1 Å². The fourth-order valence-electron chi connectivity index (χ4n) is 3.40. The van der Waals surface area contributed by atoms with Crippen molar-refractivity contribution in [2.24, 2.45) is 0 Å². The molecule has 0 bridgehead atoms. The van der Waals surface area contributed by atoms with Crippen LogP contribution in [0.1, 0.15) is 36.8 Å². The zero-order chi connectivity index (χ0) is 22.0. The van der Waals surface area contributed by atoms with Crippen LogP contribution in [0.15, 0.2) is 47.6 Å². The fourth-order valence-corrected chi connectivity index (χ4v) is 4.68. The molecule has 0 aliphatic carbocycles. The number of ether oxygens (including phenoxy) is 1. The van der Waals surface area contributed by atoms with E-state index in [1.807, 2.05) is 61.8 Å². The number of aryl methyl sites for hydroxylation is 2. The number of rotatable bonds is 6. The molecule has 1 aliphatic heterocycles. The van der Waals surface area contributed by atoms with Gasteiger partial charge in [0.15, 0.2) is 5.82 Å². The number of anilines is 1. The minimum Gasteiger partial charge on any atom is -0.494 e. The van der Waals surface area contributed by atoms with Gasteiger partial charge in [-0.2, -0.15) is 0 Å².